The zero-order valence-electron chi connectivity index (χ0n) is 14.5. The van der Waals surface area contributed by atoms with E-state index >= 15 is 0 Å². The maximum Gasteiger partial charge on any atom is 0.257 e. The minimum absolute atomic E-state index is 0.0461. The van der Waals surface area contributed by atoms with Crippen molar-refractivity contribution in [1.82, 2.24) is 14.7 Å². The molecule has 1 amide bonds. The number of rotatable bonds is 1. The average Bonchev–Trinajstić information content (AvgIpc) is 2.96. The molecule has 1 aliphatic carbocycles. The second-order valence-electron chi connectivity index (χ2n) is 7.67. The minimum Gasteiger partial charge on any atom is -0.338 e. The SMILES string of the molecule is [C-]#[N+]C1=C[C@]2(C)CN(C(=O)c3cnn(C)c3)CC[C@H]2C(C)(C)C1=O. The highest BCUT2D eigenvalue weighted by atomic mass is 16.2. The van der Waals surface area contributed by atoms with Gasteiger partial charge in [0.1, 0.15) is 0 Å². The molecule has 1 aromatic heterocycles. The third-order valence-electron chi connectivity index (χ3n) is 5.53. The molecule has 0 aromatic carbocycles. The molecule has 0 saturated carbocycles. The molecule has 24 heavy (non-hydrogen) atoms. The fourth-order valence-electron chi connectivity index (χ4n) is 4.38. The first-order chi connectivity index (χ1) is 11.2. The number of carbonyl (C=O) groups is 2. The fourth-order valence-corrected chi connectivity index (χ4v) is 4.38. The topological polar surface area (TPSA) is 59.6 Å². The summed E-state index contributed by atoms with van der Waals surface area (Å²) in [7, 11) is 1.78. The number of likely N-dealkylation sites (tertiary alicyclic amines) is 1. The van der Waals surface area contributed by atoms with E-state index in [4.69, 9.17) is 6.57 Å². The maximum atomic E-state index is 12.7. The third kappa shape index (κ3) is 2.35. The molecular weight excluding hydrogens is 304 g/mol. The standard InChI is InChI=1S/C18H22N4O2/c1-17(2)14-6-7-22(16(24)12-9-20-21(5)10-12)11-18(14,3)8-13(19-4)15(17)23/h8-10,14H,6-7,11H2,1-3,5H3/t14-,18+/m0/s1. The lowest BCUT2D eigenvalue weighted by molar-refractivity contribution is -0.131. The van der Waals surface area contributed by atoms with Gasteiger partial charge in [-0.2, -0.15) is 5.10 Å². The number of ketones is 1. The van der Waals surface area contributed by atoms with Gasteiger partial charge in [0.05, 0.1) is 18.3 Å². The number of carbonyl (C=O) groups excluding carboxylic acids is 2. The van der Waals surface area contributed by atoms with Crippen molar-refractivity contribution in [3.8, 4) is 0 Å². The molecule has 2 atom stereocenters. The van der Waals surface area contributed by atoms with E-state index in [1.165, 1.54) is 0 Å². The Morgan fingerprint density at radius 2 is 2.12 bits per heavy atom. The van der Waals surface area contributed by atoms with Gasteiger partial charge in [-0.1, -0.05) is 26.8 Å². The Bertz CT molecular complexity index is 783. The Hall–Kier alpha value is -2.42. The summed E-state index contributed by atoms with van der Waals surface area (Å²) >= 11 is 0. The molecule has 3 rings (SSSR count). The van der Waals surface area contributed by atoms with E-state index in [2.05, 4.69) is 16.9 Å². The summed E-state index contributed by atoms with van der Waals surface area (Å²) in [6.45, 7) is 14.4. The number of fused-ring (bicyclic) bond motifs is 1. The number of aromatic nitrogens is 2. The molecule has 2 heterocycles. The van der Waals surface area contributed by atoms with Crippen molar-refractivity contribution >= 4 is 11.7 Å². The summed E-state index contributed by atoms with van der Waals surface area (Å²) in [5.74, 6) is 0.00297. The van der Waals surface area contributed by atoms with Crippen molar-refractivity contribution in [2.75, 3.05) is 13.1 Å². The Balaban J connectivity index is 1.93. The second-order valence-corrected chi connectivity index (χ2v) is 7.67. The van der Waals surface area contributed by atoms with Crippen LogP contribution in [0.2, 0.25) is 0 Å². The summed E-state index contributed by atoms with van der Waals surface area (Å²) in [6.07, 6.45) is 5.83. The lowest BCUT2D eigenvalue weighted by Crippen LogP contribution is -2.56. The number of piperidine rings is 1. The van der Waals surface area contributed by atoms with Crippen LogP contribution in [0.25, 0.3) is 4.85 Å². The number of hydrogen-bond donors (Lipinski definition) is 0. The van der Waals surface area contributed by atoms with Crippen LogP contribution in [0.1, 0.15) is 37.6 Å². The number of Topliss-reactive ketones (excluding diaryl/α,β-unsaturated/α-hetero) is 1. The van der Waals surface area contributed by atoms with Crippen molar-refractivity contribution in [2.24, 2.45) is 23.8 Å². The minimum atomic E-state index is -0.577. The van der Waals surface area contributed by atoms with Gasteiger partial charge in [0.2, 0.25) is 5.70 Å². The molecule has 2 aliphatic rings. The van der Waals surface area contributed by atoms with Crippen LogP contribution in [0.3, 0.4) is 0 Å². The number of nitrogens with zero attached hydrogens (tertiary/aromatic N) is 4. The Kier molecular flexibility index (Phi) is 3.63. The Morgan fingerprint density at radius 3 is 2.71 bits per heavy atom. The summed E-state index contributed by atoms with van der Waals surface area (Å²) < 4.78 is 1.61. The smallest absolute Gasteiger partial charge is 0.257 e. The largest absolute Gasteiger partial charge is 0.338 e. The third-order valence-corrected chi connectivity index (χ3v) is 5.53. The van der Waals surface area contributed by atoms with Gasteiger partial charge in [-0.25, -0.2) is 4.85 Å². The van der Waals surface area contributed by atoms with Gasteiger partial charge in [-0.05, 0) is 17.8 Å². The molecule has 1 fully saturated rings. The number of aryl methyl sites for hydroxylation is 1. The van der Waals surface area contributed by atoms with E-state index in [9.17, 15) is 9.59 Å². The van der Waals surface area contributed by atoms with Gasteiger partial charge in [0, 0.05) is 31.7 Å². The van der Waals surface area contributed by atoms with E-state index in [1.807, 2.05) is 18.7 Å². The average molecular weight is 326 g/mol. The monoisotopic (exact) mass is 326 g/mol. The van der Waals surface area contributed by atoms with Gasteiger partial charge >= 0.3 is 0 Å². The first kappa shape index (κ1) is 16.4. The molecule has 0 radical (unpaired) electrons. The molecule has 6 heteroatoms. The molecule has 1 saturated heterocycles. The Morgan fingerprint density at radius 1 is 1.42 bits per heavy atom. The quantitative estimate of drug-likeness (QED) is 0.744. The maximum absolute atomic E-state index is 12.7. The van der Waals surface area contributed by atoms with Crippen LogP contribution >= 0.6 is 0 Å². The van der Waals surface area contributed by atoms with Crippen LogP contribution in [0, 0.1) is 23.3 Å². The molecule has 126 valence electrons. The zero-order valence-corrected chi connectivity index (χ0v) is 14.5. The highest BCUT2D eigenvalue weighted by molar-refractivity contribution is 6.02. The molecule has 0 N–H and O–H groups in total. The van der Waals surface area contributed by atoms with Crippen molar-refractivity contribution < 1.29 is 9.59 Å². The van der Waals surface area contributed by atoms with Crippen molar-refractivity contribution in [2.45, 2.75) is 27.2 Å². The number of hydrogen-bond acceptors (Lipinski definition) is 3. The second kappa shape index (κ2) is 5.30. The van der Waals surface area contributed by atoms with Gasteiger partial charge in [-0.15, -0.1) is 0 Å². The molecule has 1 aliphatic heterocycles. The molecular formula is C18H22N4O2. The number of amides is 1. The van der Waals surface area contributed by atoms with Crippen LogP contribution in [-0.2, 0) is 11.8 Å². The van der Waals surface area contributed by atoms with E-state index in [0.29, 0.717) is 18.7 Å². The molecule has 0 unspecified atom stereocenters. The molecule has 0 spiro atoms. The molecule has 1 aromatic rings. The fraction of sp³-hybridized carbons (Fsp3) is 0.556. The summed E-state index contributed by atoms with van der Waals surface area (Å²) in [4.78, 5) is 30.5. The summed E-state index contributed by atoms with van der Waals surface area (Å²) in [5.41, 5.74) is -0.172. The van der Waals surface area contributed by atoms with Gasteiger partial charge in [0.15, 0.2) is 5.78 Å². The first-order valence-electron chi connectivity index (χ1n) is 8.12. The lowest BCUT2D eigenvalue weighted by Gasteiger charge is -2.53. The van der Waals surface area contributed by atoms with Crippen molar-refractivity contribution in [1.29, 1.82) is 0 Å². The van der Waals surface area contributed by atoms with E-state index in [1.54, 1.807) is 30.2 Å². The van der Waals surface area contributed by atoms with Crippen molar-refractivity contribution in [3.05, 3.63) is 41.1 Å². The van der Waals surface area contributed by atoms with E-state index in [-0.39, 0.29) is 28.7 Å². The highest BCUT2D eigenvalue weighted by Gasteiger charge is 2.53. The van der Waals surface area contributed by atoms with E-state index in [0.717, 1.165) is 6.42 Å². The van der Waals surface area contributed by atoms with Gasteiger partial charge < -0.3 is 9.69 Å². The van der Waals surface area contributed by atoms with E-state index < -0.39 is 5.41 Å². The lowest BCUT2D eigenvalue weighted by atomic mass is 9.55. The Labute approximate surface area is 141 Å². The predicted molar refractivity (Wildman–Crippen MR) is 88.8 cm³/mol. The molecule has 0 bridgehead atoms. The normalized spacial score (nSPS) is 28.8. The van der Waals surface area contributed by atoms with Crippen LogP contribution in [0.15, 0.2) is 24.2 Å². The highest BCUT2D eigenvalue weighted by Crippen LogP contribution is 2.52. The van der Waals surface area contributed by atoms with Crippen LogP contribution in [0.4, 0.5) is 0 Å². The van der Waals surface area contributed by atoms with Crippen LogP contribution in [-0.4, -0.2) is 39.5 Å². The van der Waals surface area contributed by atoms with Gasteiger partial charge in [-0.3, -0.25) is 9.48 Å². The summed E-state index contributed by atoms with van der Waals surface area (Å²) in [6, 6.07) is 0. The van der Waals surface area contributed by atoms with Gasteiger partial charge in [0.25, 0.3) is 5.91 Å². The van der Waals surface area contributed by atoms with Crippen LogP contribution < -0.4 is 0 Å². The first-order valence-corrected chi connectivity index (χ1v) is 8.12. The van der Waals surface area contributed by atoms with Crippen LogP contribution in [0.5, 0.6) is 0 Å². The number of allylic oxidation sites excluding steroid dienone is 1. The predicted octanol–water partition coefficient (Wildman–Crippen LogP) is 2.30. The zero-order chi connectivity index (χ0) is 17.7. The molecule has 6 nitrogen and oxygen atoms in total. The summed E-state index contributed by atoms with van der Waals surface area (Å²) in [5, 5.41) is 4.06. The van der Waals surface area contributed by atoms with Crippen molar-refractivity contribution in [3.63, 3.8) is 0 Å².